The van der Waals surface area contributed by atoms with Crippen molar-refractivity contribution < 1.29 is 9.59 Å². The van der Waals surface area contributed by atoms with Crippen molar-refractivity contribution in [1.82, 2.24) is 0 Å². The first-order chi connectivity index (χ1) is 8.20. The number of aryl methyl sites for hydroxylation is 1. The van der Waals surface area contributed by atoms with Crippen LogP contribution in [0.4, 0.5) is 5.69 Å². The van der Waals surface area contributed by atoms with Gasteiger partial charge in [-0.25, -0.2) is 0 Å². The SMILES string of the molecule is CCC(=O)c1cc2c3c(c1)CCN3C(=O)CC2. The fraction of sp³-hybridized carbons (Fsp3) is 0.429. The number of Topliss-reactive ketones (excluding diaryl/α,β-unsaturated/α-hetero) is 1. The summed E-state index contributed by atoms with van der Waals surface area (Å²) >= 11 is 0. The lowest BCUT2D eigenvalue weighted by molar-refractivity contribution is -0.118. The number of hydrogen-bond acceptors (Lipinski definition) is 2. The Labute approximate surface area is 100 Å². The Bertz CT molecular complexity index is 519. The Morgan fingerprint density at radius 2 is 1.94 bits per heavy atom. The van der Waals surface area contributed by atoms with Gasteiger partial charge in [-0.15, -0.1) is 0 Å². The van der Waals surface area contributed by atoms with Crippen molar-refractivity contribution in [1.29, 1.82) is 0 Å². The highest BCUT2D eigenvalue weighted by atomic mass is 16.2. The van der Waals surface area contributed by atoms with Gasteiger partial charge in [-0.2, -0.15) is 0 Å². The van der Waals surface area contributed by atoms with Crippen molar-refractivity contribution in [3.05, 3.63) is 28.8 Å². The monoisotopic (exact) mass is 229 g/mol. The average molecular weight is 229 g/mol. The molecular weight excluding hydrogens is 214 g/mol. The minimum atomic E-state index is 0.194. The fourth-order valence-electron chi connectivity index (χ4n) is 2.82. The van der Waals surface area contributed by atoms with Crippen molar-refractivity contribution in [3.63, 3.8) is 0 Å². The molecule has 17 heavy (non-hydrogen) atoms. The Balaban J connectivity index is 2.13. The van der Waals surface area contributed by atoms with Gasteiger partial charge in [0.25, 0.3) is 0 Å². The molecule has 1 aromatic rings. The summed E-state index contributed by atoms with van der Waals surface area (Å²) in [5.41, 5.74) is 4.26. The molecule has 1 aromatic carbocycles. The Kier molecular flexibility index (Phi) is 2.28. The summed E-state index contributed by atoms with van der Waals surface area (Å²) in [6.45, 7) is 2.67. The second kappa shape index (κ2) is 3.69. The van der Waals surface area contributed by atoms with Crippen molar-refractivity contribution in [2.24, 2.45) is 0 Å². The fourth-order valence-corrected chi connectivity index (χ4v) is 2.82. The number of amides is 1. The van der Waals surface area contributed by atoms with Gasteiger partial charge in [-0.1, -0.05) is 6.92 Å². The summed E-state index contributed by atoms with van der Waals surface area (Å²) in [5.74, 6) is 0.421. The van der Waals surface area contributed by atoms with Crippen LogP contribution < -0.4 is 4.90 Å². The van der Waals surface area contributed by atoms with Crippen LogP contribution in [-0.2, 0) is 17.6 Å². The summed E-state index contributed by atoms with van der Waals surface area (Å²) in [6.07, 6.45) is 2.79. The van der Waals surface area contributed by atoms with E-state index in [-0.39, 0.29) is 11.7 Å². The number of carbonyl (C=O) groups is 2. The van der Waals surface area contributed by atoms with Crippen LogP contribution in [0.5, 0.6) is 0 Å². The molecule has 0 fully saturated rings. The summed E-state index contributed by atoms with van der Waals surface area (Å²) < 4.78 is 0. The number of hydrogen-bond donors (Lipinski definition) is 0. The van der Waals surface area contributed by atoms with E-state index >= 15 is 0 Å². The molecule has 0 saturated heterocycles. The third kappa shape index (κ3) is 1.49. The summed E-state index contributed by atoms with van der Waals surface area (Å²) in [4.78, 5) is 25.4. The predicted molar refractivity (Wildman–Crippen MR) is 65.4 cm³/mol. The average Bonchev–Trinajstić information content (AvgIpc) is 2.78. The maximum atomic E-state index is 11.8. The van der Waals surface area contributed by atoms with E-state index in [1.807, 2.05) is 24.0 Å². The number of ketones is 1. The van der Waals surface area contributed by atoms with Crippen LogP contribution in [0.2, 0.25) is 0 Å². The molecule has 2 aliphatic rings. The van der Waals surface area contributed by atoms with E-state index in [0.717, 1.165) is 30.6 Å². The number of rotatable bonds is 2. The van der Waals surface area contributed by atoms with Gasteiger partial charge in [0, 0.05) is 24.9 Å². The molecule has 2 heterocycles. The Morgan fingerprint density at radius 1 is 1.24 bits per heavy atom. The lowest BCUT2D eigenvalue weighted by Gasteiger charge is -2.25. The summed E-state index contributed by atoms with van der Waals surface area (Å²) in [6, 6.07) is 3.96. The van der Waals surface area contributed by atoms with Crippen molar-refractivity contribution in [3.8, 4) is 0 Å². The van der Waals surface area contributed by atoms with Gasteiger partial charge >= 0.3 is 0 Å². The molecule has 0 unspecified atom stereocenters. The second-order valence-corrected chi connectivity index (χ2v) is 4.72. The smallest absolute Gasteiger partial charge is 0.227 e. The number of carbonyl (C=O) groups excluding carboxylic acids is 2. The molecule has 0 N–H and O–H groups in total. The van der Waals surface area contributed by atoms with Crippen molar-refractivity contribution in [2.45, 2.75) is 32.6 Å². The normalized spacial score (nSPS) is 17.2. The van der Waals surface area contributed by atoms with E-state index in [9.17, 15) is 9.59 Å². The Hall–Kier alpha value is -1.64. The van der Waals surface area contributed by atoms with Crippen molar-refractivity contribution in [2.75, 3.05) is 11.4 Å². The van der Waals surface area contributed by atoms with Crippen LogP contribution in [0.15, 0.2) is 12.1 Å². The number of nitrogens with zero attached hydrogens (tertiary/aromatic N) is 1. The van der Waals surface area contributed by atoms with E-state index in [4.69, 9.17) is 0 Å². The first-order valence-corrected chi connectivity index (χ1v) is 6.20. The quantitative estimate of drug-likeness (QED) is 0.728. The van der Waals surface area contributed by atoms with E-state index < -0.39 is 0 Å². The maximum absolute atomic E-state index is 11.8. The van der Waals surface area contributed by atoms with Gasteiger partial charge in [0.15, 0.2) is 5.78 Å². The van der Waals surface area contributed by atoms with Gasteiger partial charge in [0.2, 0.25) is 5.91 Å². The minimum absolute atomic E-state index is 0.194. The molecule has 0 aliphatic carbocycles. The van der Waals surface area contributed by atoms with E-state index in [1.165, 1.54) is 11.1 Å². The first kappa shape index (κ1) is 10.5. The zero-order chi connectivity index (χ0) is 12.0. The van der Waals surface area contributed by atoms with E-state index in [2.05, 4.69) is 0 Å². The molecule has 88 valence electrons. The van der Waals surface area contributed by atoms with Gasteiger partial charge in [-0.3, -0.25) is 9.59 Å². The van der Waals surface area contributed by atoms with Crippen LogP contribution in [0.25, 0.3) is 0 Å². The van der Waals surface area contributed by atoms with Crippen LogP contribution in [-0.4, -0.2) is 18.2 Å². The third-order valence-corrected chi connectivity index (χ3v) is 3.69. The van der Waals surface area contributed by atoms with Gasteiger partial charge in [-0.05, 0) is 36.1 Å². The third-order valence-electron chi connectivity index (χ3n) is 3.69. The molecule has 3 heteroatoms. The van der Waals surface area contributed by atoms with Gasteiger partial charge < -0.3 is 4.90 Å². The molecule has 0 atom stereocenters. The summed E-state index contributed by atoms with van der Waals surface area (Å²) in [7, 11) is 0. The highest BCUT2D eigenvalue weighted by Crippen LogP contribution is 2.37. The summed E-state index contributed by atoms with van der Waals surface area (Å²) in [5, 5.41) is 0. The zero-order valence-corrected chi connectivity index (χ0v) is 9.95. The van der Waals surface area contributed by atoms with Gasteiger partial charge in [0.1, 0.15) is 0 Å². The molecule has 0 saturated carbocycles. The highest BCUT2D eigenvalue weighted by Gasteiger charge is 2.31. The van der Waals surface area contributed by atoms with Gasteiger partial charge in [0.05, 0.1) is 5.69 Å². The molecule has 0 spiro atoms. The Morgan fingerprint density at radius 3 is 2.65 bits per heavy atom. The largest absolute Gasteiger partial charge is 0.312 e. The molecule has 2 aliphatic heterocycles. The topological polar surface area (TPSA) is 37.4 Å². The van der Waals surface area contributed by atoms with E-state index in [0.29, 0.717) is 12.8 Å². The maximum Gasteiger partial charge on any atom is 0.227 e. The van der Waals surface area contributed by atoms with E-state index in [1.54, 1.807) is 0 Å². The lowest BCUT2D eigenvalue weighted by atomic mass is 9.95. The number of anilines is 1. The molecule has 3 rings (SSSR count). The molecule has 1 amide bonds. The molecule has 0 bridgehead atoms. The number of benzene rings is 1. The lowest BCUT2D eigenvalue weighted by Crippen LogP contribution is -2.32. The highest BCUT2D eigenvalue weighted by molar-refractivity contribution is 6.01. The molecule has 0 aromatic heterocycles. The first-order valence-electron chi connectivity index (χ1n) is 6.20. The zero-order valence-electron chi connectivity index (χ0n) is 9.95. The van der Waals surface area contributed by atoms with Crippen LogP contribution in [0.3, 0.4) is 0 Å². The predicted octanol–water partition coefficient (Wildman–Crippen LogP) is 2.11. The second-order valence-electron chi connectivity index (χ2n) is 4.72. The van der Waals surface area contributed by atoms with Crippen LogP contribution in [0, 0.1) is 0 Å². The minimum Gasteiger partial charge on any atom is -0.312 e. The van der Waals surface area contributed by atoms with Crippen LogP contribution >= 0.6 is 0 Å². The van der Waals surface area contributed by atoms with Crippen molar-refractivity contribution >= 4 is 17.4 Å². The molecule has 0 radical (unpaired) electrons. The molecule has 3 nitrogen and oxygen atoms in total. The van der Waals surface area contributed by atoms with Crippen LogP contribution in [0.1, 0.15) is 41.3 Å². The standard InChI is InChI=1S/C14H15NO2/c1-2-12(16)11-7-9-3-4-13(17)15-6-5-10(8-11)14(9)15/h7-8H,2-6H2,1H3. The molecular formula is C14H15NO2.